The van der Waals surface area contributed by atoms with Crippen molar-refractivity contribution < 1.29 is 9.59 Å². The molecule has 6 N–H and O–H groups in total. The maximum Gasteiger partial charge on any atom is 0.263 e. The summed E-state index contributed by atoms with van der Waals surface area (Å²) in [6.45, 7) is 6.00. The van der Waals surface area contributed by atoms with Crippen molar-refractivity contribution in [3.05, 3.63) is 23.1 Å². The van der Waals surface area contributed by atoms with Crippen molar-refractivity contribution in [3.63, 3.8) is 0 Å². The van der Waals surface area contributed by atoms with Crippen LogP contribution in [0.5, 0.6) is 0 Å². The second-order valence-corrected chi connectivity index (χ2v) is 6.09. The summed E-state index contributed by atoms with van der Waals surface area (Å²) in [5.74, 6) is -0.342. The van der Waals surface area contributed by atoms with Gasteiger partial charge < -0.3 is 22.1 Å². The number of amides is 2. The fraction of sp³-hybridized carbons (Fsp3) is 0.429. The zero-order valence-electron chi connectivity index (χ0n) is 11.9. The van der Waals surface area contributed by atoms with Crippen molar-refractivity contribution in [2.24, 2.45) is 11.7 Å². The van der Waals surface area contributed by atoms with Gasteiger partial charge in [-0.3, -0.25) is 9.59 Å². The number of anilines is 2. The molecular formula is C14H20N4O2S. The normalized spacial score (nSPS) is 19.9. The third kappa shape index (κ3) is 3.18. The number of primary amides is 1. The lowest BCUT2D eigenvalue weighted by atomic mass is 10.2. The van der Waals surface area contributed by atoms with Gasteiger partial charge in [-0.15, -0.1) is 17.9 Å². The van der Waals surface area contributed by atoms with Crippen LogP contribution < -0.4 is 22.1 Å². The predicted octanol–water partition coefficient (Wildman–Crippen LogP) is 1.56. The molecule has 0 bridgehead atoms. The number of hydrogen-bond acceptors (Lipinski definition) is 5. The second-order valence-electron chi connectivity index (χ2n) is 5.07. The van der Waals surface area contributed by atoms with Gasteiger partial charge in [0.05, 0.1) is 11.3 Å². The van der Waals surface area contributed by atoms with Gasteiger partial charge in [-0.2, -0.15) is 0 Å². The Kier molecular flexibility index (Phi) is 4.52. The maximum absolute atomic E-state index is 12.0. The van der Waals surface area contributed by atoms with Gasteiger partial charge in [0, 0.05) is 12.6 Å². The van der Waals surface area contributed by atoms with Crippen LogP contribution in [-0.4, -0.2) is 24.4 Å². The molecule has 2 rings (SSSR count). The van der Waals surface area contributed by atoms with Crippen LogP contribution in [0.3, 0.4) is 0 Å². The molecule has 6 nitrogen and oxygen atoms in total. The Balaban J connectivity index is 2.25. The van der Waals surface area contributed by atoms with E-state index in [1.54, 1.807) is 6.08 Å². The molecule has 0 radical (unpaired) electrons. The van der Waals surface area contributed by atoms with Gasteiger partial charge in [-0.25, -0.2) is 0 Å². The van der Waals surface area contributed by atoms with E-state index in [2.05, 4.69) is 24.1 Å². The van der Waals surface area contributed by atoms with Crippen molar-refractivity contribution in [1.82, 2.24) is 5.32 Å². The molecule has 0 spiro atoms. The fourth-order valence-electron chi connectivity index (χ4n) is 2.25. The molecule has 2 amide bonds. The van der Waals surface area contributed by atoms with Gasteiger partial charge in [-0.1, -0.05) is 19.4 Å². The van der Waals surface area contributed by atoms with Crippen LogP contribution in [0, 0.1) is 5.92 Å². The van der Waals surface area contributed by atoms with Gasteiger partial charge in [0.2, 0.25) is 0 Å². The minimum absolute atomic E-state index is 0.144. The molecule has 1 fully saturated rings. The molecule has 1 aromatic heterocycles. The van der Waals surface area contributed by atoms with E-state index in [1.165, 1.54) is 11.3 Å². The summed E-state index contributed by atoms with van der Waals surface area (Å²) in [5.41, 5.74) is 11.7. The molecule has 1 aliphatic rings. The summed E-state index contributed by atoms with van der Waals surface area (Å²) in [4.78, 5) is 23.9. The number of carbonyl (C=O) groups excluding carboxylic acids is 2. The SMILES string of the molecule is C=CCNC(=O)c1sc(NC2CC2CC)c(C(N)=O)c1N. The molecule has 1 saturated carbocycles. The number of carbonyl (C=O) groups is 2. The molecule has 2 unspecified atom stereocenters. The van der Waals surface area contributed by atoms with Crippen molar-refractivity contribution >= 4 is 33.8 Å². The van der Waals surface area contributed by atoms with Crippen LogP contribution in [0.2, 0.25) is 0 Å². The summed E-state index contributed by atoms with van der Waals surface area (Å²) < 4.78 is 0. The molecule has 114 valence electrons. The summed E-state index contributed by atoms with van der Waals surface area (Å²) in [7, 11) is 0. The molecule has 7 heteroatoms. The lowest BCUT2D eigenvalue weighted by Crippen LogP contribution is -2.23. The van der Waals surface area contributed by atoms with Crippen LogP contribution in [0.1, 0.15) is 39.8 Å². The van der Waals surface area contributed by atoms with E-state index < -0.39 is 5.91 Å². The molecule has 1 heterocycles. The van der Waals surface area contributed by atoms with E-state index in [0.717, 1.165) is 12.8 Å². The number of rotatable bonds is 7. The largest absolute Gasteiger partial charge is 0.397 e. The molecule has 1 aromatic rings. The van der Waals surface area contributed by atoms with E-state index in [9.17, 15) is 9.59 Å². The molecule has 0 saturated heterocycles. The lowest BCUT2D eigenvalue weighted by Gasteiger charge is -2.04. The van der Waals surface area contributed by atoms with E-state index in [-0.39, 0.29) is 17.2 Å². The first kappa shape index (κ1) is 15.4. The number of thiophene rings is 1. The van der Waals surface area contributed by atoms with Gasteiger partial charge in [-0.05, 0) is 12.3 Å². The summed E-state index contributed by atoms with van der Waals surface area (Å²) in [5, 5.41) is 6.52. The van der Waals surface area contributed by atoms with Gasteiger partial charge in [0.25, 0.3) is 11.8 Å². The third-order valence-electron chi connectivity index (χ3n) is 3.57. The Morgan fingerprint density at radius 1 is 1.52 bits per heavy atom. The Bertz CT molecular complexity index is 582. The second kappa shape index (κ2) is 6.17. The van der Waals surface area contributed by atoms with Gasteiger partial charge >= 0.3 is 0 Å². The minimum atomic E-state index is -0.622. The Labute approximate surface area is 127 Å². The van der Waals surface area contributed by atoms with E-state index in [0.29, 0.717) is 28.4 Å². The highest BCUT2D eigenvalue weighted by atomic mass is 32.1. The highest BCUT2D eigenvalue weighted by molar-refractivity contribution is 7.19. The molecular weight excluding hydrogens is 288 g/mol. The first-order chi connectivity index (χ1) is 9.99. The smallest absolute Gasteiger partial charge is 0.263 e. The van der Waals surface area contributed by atoms with Crippen LogP contribution in [-0.2, 0) is 0 Å². The lowest BCUT2D eigenvalue weighted by molar-refractivity contribution is 0.0962. The highest BCUT2D eigenvalue weighted by Crippen LogP contribution is 2.41. The zero-order valence-corrected chi connectivity index (χ0v) is 12.8. The van der Waals surface area contributed by atoms with Crippen LogP contribution in [0.4, 0.5) is 10.7 Å². The van der Waals surface area contributed by atoms with Crippen molar-refractivity contribution in [2.75, 3.05) is 17.6 Å². The summed E-state index contributed by atoms with van der Waals surface area (Å²) in [6.07, 6.45) is 3.72. The number of nitrogens with two attached hydrogens (primary N) is 2. The maximum atomic E-state index is 12.0. The van der Waals surface area contributed by atoms with Crippen molar-refractivity contribution in [2.45, 2.75) is 25.8 Å². The van der Waals surface area contributed by atoms with Crippen LogP contribution in [0.25, 0.3) is 0 Å². The van der Waals surface area contributed by atoms with E-state index >= 15 is 0 Å². The monoisotopic (exact) mass is 308 g/mol. The summed E-state index contributed by atoms with van der Waals surface area (Å²) >= 11 is 1.17. The Morgan fingerprint density at radius 2 is 2.24 bits per heavy atom. The van der Waals surface area contributed by atoms with E-state index in [1.807, 2.05) is 0 Å². The first-order valence-corrected chi connectivity index (χ1v) is 7.68. The van der Waals surface area contributed by atoms with Gasteiger partial charge in [0.1, 0.15) is 9.88 Å². The summed E-state index contributed by atoms with van der Waals surface area (Å²) in [6, 6.07) is 0.329. The standard InChI is InChI=1S/C14H20N4O2S/c1-3-5-17-13(20)11-10(15)9(12(16)19)14(21-11)18-8-6-7(8)4-2/h3,7-8,18H,1,4-6,15H2,2H3,(H2,16,19)(H,17,20). The zero-order chi connectivity index (χ0) is 15.6. The average molecular weight is 308 g/mol. The Hall–Kier alpha value is -2.02. The third-order valence-corrected chi connectivity index (χ3v) is 4.70. The van der Waals surface area contributed by atoms with E-state index in [4.69, 9.17) is 11.5 Å². The fourth-order valence-corrected chi connectivity index (χ4v) is 3.35. The number of nitrogen functional groups attached to an aromatic ring is 1. The average Bonchev–Trinajstić information content (AvgIpc) is 3.11. The molecule has 21 heavy (non-hydrogen) atoms. The molecule has 2 atom stereocenters. The number of hydrogen-bond donors (Lipinski definition) is 4. The first-order valence-electron chi connectivity index (χ1n) is 6.87. The topological polar surface area (TPSA) is 110 Å². The predicted molar refractivity (Wildman–Crippen MR) is 85.6 cm³/mol. The number of nitrogens with one attached hydrogen (secondary N) is 2. The molecule has 0 aromatic carbocycles. The van der Waals surface area contributed by atoms with Crippen molar-refractivity contribution in [1.29, 1.82) is 0 Å². The van der Waals surface area contributed by atoms with Crippen molar-refractivity contribution in [3.8, 4) is 0 Å². The van der Waals surface area contributed by atoms with Gasteiger partial charge in [0.15, 0.2) is 0 Å². The molecule has 1 aliphatic carbocycles. The van der Waals surface area contributed by atoms with Crippen LogP contribution >= 0.6 is 11.3 Å². The van der Waals surface area contributed by atoms with Crippen LogP contribution in [0.15, 0.2) is 12.7 Å². The highest BCUT2D eigenvalue weighted by Gasteiger charge is 2.37. The quantitative estimate of drug-likeness (QED) is 0.573. The minimum Gasteiger partial charge on any atom is -0.397 e. The molecule has 0 aliphatic heterocycles. The Morgan fingerprint density at radius 3 is 2.76 bits per heavy atom.